The van der Waals surface area contributed by atoms with Crippen LogP contribution in [0, 0.1) is 5.92 Å². The fourth-order valence-electron chi connectivity index (χ4n) is 2.19. The van der Waals surface area contributed by atoms with Crippen molar-refractivity contribution in [3.8, 4) is 0 Å². The standard InChI is InChI=1S/C14H16O4S/c1-18-14(15)11-7-9-13(10-8-11)19(16,17)12-5-3-2-4-6-12/h2-6,9,11H,7-8,10H2,1H3. The molecule has 1 aromatic carbocycles. The first-order chi connectivity index (χ1) is 9.05. The predicted octanol–water partition coefficient (Wildman–Crippen LogP) is 2.32. The van der Waals surface area contributed by atoms with Crippen LogP contribution < -0.4 is 0 Å². The van der Waals surface area contributed by atoms with Gasteiger partial charge >= 0.3 is 5.97 Å². The van der Waals surface area contributed by atoms with E-state index >= 15 is 0 Å². The SMILES string of the molecule is COC(=O)C1CC=C(S(=O)(=O)c2ccccc2)CC1. The lowest BCUT2D eigenvalue weighted by atomic mass is 9.94. The zero-order valence-electron chi connectivity index (χ0n) is 10.7. The van der Waals surface area contributed by atoms with Gasteiger partial charge < -0.3 is 4.74 Å². The Morgan fingerprint density at radius 1 is 1.26 bits per heavy atom. The average molecular weight is 280 g/mol. The summed E-state index contributed by atoms with van der Waals surface area (Å²) in [5.41, 5.74) is 0. The number of benzene rings is 1. The third-order valence-corrected chi connectivity index (χ3v) is 5.26. The van der Waals surface area contributed by atoms with Crippen LogP contribution in [-0.4, -0.2) is 21.5 Å². The minimum atomic E-state index is -3.41. The van der Waals surface area contributed by atoms with Crippen molar-refractivity contribution in [1.82, 2.24) is 0 Å². The van der Waals surface area contributed by atoms with E-state index in [1.165, 1.54) is 7.11 Å². The van der Waals surface area contributed by atoms with Gasteiger partial charge in [0.1, 0.15) is 0 Å². The quantitative estimate of drug-likeness (QED) is 0.797. The number of allylic oxidation sites excluding steroid dienone is 2. The Hall–Kier alpha value is -1.62. The van der Waals surface area contributed by atoms with Gasteiger partial charge in [0, 0.05) is 4.91 Å². The van der Waals surface area contributed by atoms with Crippen LogP contribution >= 0.6 is 0 Å². The van der Waals surface area contributed by atoms with Gasteiger partial charge in [0.15, 0.2) is 0 Å². The molecule has 0 bridgehead atoms. The second-order valence-electron chi connectivity index (χ2n) is 4.48. The zero-order chi connectivity index (χ0) is 13.9. The normalized spacial score (nSPS) is 19.6. The first-order valence-electron chi connectivity index (χ1n) is 6.12. The number of esters is 1. The van der Waals surface area contributed by atoms with Crippen LogP contribution in [0.3, 0.4) is 0 Å². The van der Waals surface area contributed by atoms with E-state index < -0.39 is 9.84 Å². The first kappa shape index (κ1) is 13.8. The van der Waals surface area contributed by atoms with Gasteiger partial charge in [-0.1, -0.05) is 24.3 Å². The Kier molecular flexibility index (Phi) is 4.04. The van der Waals surface area contributed by atoms with E-state index in [2.05, 4.69) is 4.74 Å². The van der Waals surface area contributed by atoms with Crippen molar-refractivity contribution in [2.75, 3.05) is 7.11 Å². The van der Waals surface area contributed by atoms with E-state index in [1.54, 1.807) is 36.4 Å². The van der Waals surface area contributed by atoms with E-state index in [0.717, 1.165) is 0 Å². The highest BCUT2D eigenvalue weighted by Crippen LogP contribution is 2.31. The predicted molar refractivity (Wildman–Crippen MR) is 71.1 cm³/mol. The third kappa shape index (κ3) is 2.87. The van der Waals surface area contributed by atoms with Crippen LogP contribution in [0.5, 0.6) is 0 Å². The van der Waals surface area contributed by atoms with Crippen molar-refractivity contribution in [3.63, 3.8) is 0 Å². The van der Waals surface area contributed by atoms with Crippen molar-refractivity contribution >= 4 is 15.8 Å². The number of sulfone groups is 1. The third-order valence-electron chi connectivity index (χ3n) is 3.30. The summed E-state index contributed by atoms with van der Waals surface area (Å²) >= 11 is 0. The van der Waals surface area contributed by atoms with Crippen LogP contribution in [0.15, 0.2) is 46.2 Å². The highest BCUT2D eigenvalue weighted by atomic mass is 32.2. The molecule has 0 saturated heterocycles. The van der Waals surface area contributed by atoms with Crippen molar-refractivity contribution < 1.29 is 17.9 Å². The van der Waals surface area contributed by atoms with E-state index in [9.17, 15) is 13.2 Å². The molecule has 19 heavy (non-hydrogen) atoms. The summed E-state index contributed by atoms with van der Waals surface area (Å²) in [7, 11) is -2.06. The molecule has 4 nitrogen and oxygen atoms in total. The van der Waals surface area contributed by atoms with Gasteiger partial charge in [0.25, 0.3) is 0 Å². The maximum Gasteiger partial charge on any atom is 0.308 e. The summed E-state index contributed by atoms with van der Waals surface area (Å²) in [4.78, 5) is 12.1. The molecule has 2 rings (SSSR count). The highest BCUT2D eigenvalue weighted by molar-refractivity contribution is 7.95. The largest absolute Gasteiger partial charge is 0.469 e. The van der Waals surface area contributed by atoms with Gasteiger partial charge in [-0.2, -0.15) is 0 Å². The van der Waals surface area contributed by atoms with Crippen molar-refractivity contribution in [3.05, 3.63) is 41.3 Å². The Balaban J connectivity index is 2.21. The summed E-state index contributed by atoms with van der Waals surface area (Å²) in [6.07, 6.45) is 2.98. The van der Waals surface area contributed by atoms with Gasteiger partial charge in [-0.3, -0.25) is 4.79 Å². The minimum Gasteiger partial charge on any atom is -0.469 e. The van der Waals surface area contributed by atoms with E-state index in [1.807, 2.05) is 0 Å². The smallest absolute Gasteiger partial charge is 0.308 e. The lowest BCUT2D eigenvalue weighted by Gasteiger charge is -2.19. The maximum atomic E-state index is 12.3. The summed E-state index contributed by atoms with van der Waals surface area (Å²) in [5.74, 6) is -0.493. The van der Waals surface area contributed by atoms with Crippen LogP contribution in [0.1, 0.15) is 19.3 Å². The zero-order valence-corrected chi connectivity index (χ0v) is 11.5. The highest BCUT2D eigenvalue weighted by Gasteiger charge is 2.28. The van der Waals surface area contributed by atoms with Gasteiger partial charge in [-0.25, -0.2) is 8.42 Å². The first-order valence-corrected chi connectivity index (χ1v) is 7.61. The lowest BCUT2D eigenvalue weighted by molar-refractivity contribution is -0.145. The monoisotopic (exact) mass is 280 g/mol. The minimum absolute atomic E-state index is 0.222. The number of hydrogen-bond donors (Lipinski definition) is 0. The Morgan fingerprint density at radius 2 is 1.95 bits per heavy atom. The second-order valence-corrected chi connectivity index (χ2v) is 6.48. The summed E-state index contributed by atoms with van der Waals surface area (Å²) in [6.45, 7) is 0. The molecule has 0 aliphatic heterocycles. The average Bonchev–Trinajstić information content (AvgIpc) is 2.47. The molecular weight excluding hydrogens is 264 g/mol. The summed E-state index contributed by atoms with van der Waals surface area (Å²) in [6, 6.07) is 8.35. The number of rotatable bonds is 3. The number of carbonyl (C=O) groups excluding carboxylic acids is 1. The number of hydrogen-bond acceptors (Lipinski definition) is 4. The molecular formula is C14H16O4S. The van der Waals surface area contributed by atoms with Crippen molar-refractivity contribution in [2.24, 2.45) is 5.92 Å². The topological polar surface area (TPSA) is 60.4 Å². The van der Waals surface area contributed by atoms with Crippen molar-refractivity contribution in [1.29, 1.82) is 0 Å². The van der Waals surface area contributed by atoms with Crippen LogP contribution in [0.4, 0.5) is 0 Å². The summed E-state index contributed by atoms with van der Waals surface area (Å²) in [5, 5.41) is 0. The molecule has 1 unspecified atom stereocenters. The molecule has 1 aliphatic carbocycles. The molecule has 0 radical (unpaired) electrons. The fraction of sp³-hybridized carbons (Fsp3) is 0.357. The molecule has 1 atom stereocenters. The van der Waals surface area contributed by atoms with Gasteiger partial charge in [-0.15, -0.1) is 0 Å². The molecule has 102 valence electrons. The number of ether oxygens (including phenoxy) is 1. The molecule has 1 aromatic rings. The number of carbonyl (C=O) groups is 1. The molecule has 0 fully saturated rings. The fourth-order valence-corrected chi connectivity index (χ4v) is 3.71. The van der Waals surface area contributed by atoms with Gasteiger partial charge in [-0.05, 0) is 31.4 Å². The Bertz CT molecular complexity index is 587. The van der Waals surface area contributed by atoms with Gasteiger partial charge in [0.05, 0.1) is 17.9 Å². The van der Waals surface area contributed by atoms with E-state index in [4.69, 9.17) is 0 Å². The molecule has 0 heterocycles. The van der Waals surface area contributed by atoms with Crippen LogP contribution in [0.25, 0.3) is 0 Å². The second kappa shape index (κ2) is 5.57. The molecule has 0 spiro atoms. The molecule has 1 aliphatic rings. The molecule has 0 saturated carbocycles. The molecule has 5 heteroatoms. The van der Waals surface area contributed by atoms with Crippen molar-refractivity contribution in [2.45, 2.75) is 24.2 Å². The molecule has 0 aromatic heterocycles. The molecule has 0 N–H and O–H groups in total. The number of methoxy groups -OCH3 is 1. The Labute approximate surface area is 113 Å². The maximum absolute atomic E-state index is 12.3. The van der Waals surface area contributed by atoms with E-state index in [0.29, 0.717) is 29.1 Å². The lowest BCUT2D eigenvalue weighted by Crippen LogP contribution is -2.20. The van der Waals surface area contributed by atoms with E-state index in [-0.39, 0.29) is 11.9 Å². The Morgan fingerprint density at radius 3 is 2.47 bits per heavy atom. The molecule has 0 amide bonds. The van der Waals surface area contributed by atoms with Crippen LogP contribution in [-0.2, 0) is 19.4 Å². The van der Waals surface area contributed by atoms with Gasteiger partial charge in [0.2, 0.25) is 9.84 Å². The summed E-state index contributed by atoms with van der Waals surface area (Å²) < 4.78 is 29.4. The van der Waals surface area contributed by atoms with Crippen LogP contribution in [0.2, 0.25) is 0 Å².